The minimum Gasteiger partial charge on any atom is -0.368 e. The summed E-state index contributed by atoms with van der Waals surface area (Å²) in [5.74, 6) is -0.513. The lowest BCUT2D eigenvalue weighted by Crippen LogP contribution is -2.25. The van der Waals surface area contributed by atoms with Gasteiger partial charge in [0.25, 0.3) is 0 Å². The molecule has 0 saturated carbocycles. The minimum absolute atomic E-state index is 0.406. The Morgan fingerprint density at radius 3 is 2.69 bits per heavy atom. The van der Waals surface area contributed by atoms with Crippen molar-refractivity contribution in [3.63, 3.8) is 0 Å². The van der Waals surface area contributed by atoms with Crippen LogP contribution in [0.15, 0.2) is 30.6 Å². The molecule has 4 nitrogen and oxygen atoms in total. The highest BCUT2D eigenvalue weighted by atomic mass is 35.5. The van der Waals surface area contributed by atoms with Gasteiger partial charge in [0.2, 0.25) is 5.91 Å². The second-order valence-corrected chi connectivity index (χ2v) is 3.98. The molecule has 0 bridgehead atoms. The van der Waals surface area contributed by atoms with Crippen LogP contribution in [-0.4, -0.2) is 21.3 Å². The number of nitrogens with zero attached hydrogens (tertiary/aromatic N) is 2. The van der Waals surface area contributed by atoms with Crippen LogP contribution < -0.4 is 5.73 Å². The molecule has 0 fully saturated rings. The normalized spacial score (nSPS) is 12.6. The Bertz CT molecular complexity index is 529. The highest BCUT2D eigenvalue weighted by molar-refractivity contribution is 6.30. The number of hydrogen-bond acceptors (Lipinski definition) is 3. The Morgan fingerprint density at radius 1 is 1.31 bits per heavy atom. The molecule has 82 valence electrons. The Balaban J connectivity index is 2.29. The number of alkyl halides is 1. The molecule has 0 aliphatic heterocycles. The number of primary amides is 1. The molecule has 1 aromatic heterocycles. The topological polar surface area (TPSA) is 68.9 Å². The Morgan fingerprint density at radius 2 is 2.00 bits per heavy atom. The van der Waals surface area contributed by atoms with E-state index in [0.717, 1.165) is 16.6 Å². The summed E-state index contributed by atoms with van der Waals surface area (Å²) in [5, 5.41) is -0.686. The number of hydrogen-bond donors (Lipinski definition) is 1. The van der Waals surface area contributed by atoms with E-state index in [0.29, 0.717) is 6.42 Å². The summed E-state index contributed by atoms with van der Waals surface area (Å²) in [6.07, 6.45) is 3.66. The third kappa shape index (κ3) is 2.28. The van der Waals surface area contributed by atoms with Crippen molar-refractivity contribution < 1.29 is 4.79 Å². The smallest absolute Gasteiger partial charge is 0.235 e. The fourth-order valence-corrected chi connectivity index (χ4v) is 1.62. The van der Waals surface area contributed by atoms with Gasteiger partial charge < -0.3 is 5.73 Å². The zero-order valence-corrected chi connectivity index (χ0v) is 9.19. The Hall–Kier alpha value is -1.68. The monoisotopic (exact) mass is 235 g/mol. The van der Waals surface area contributed by atoms with E-state index in [4.69, 9.17) is 17.3 Å². The van der Waals surface area contributed by atoms with Gasteiger partial charge in [-0.15, -0.1) is 11.6 Å². The molecule has 0 aliphatic carbocycles. The van der Waals surface area contributed by atoms with E-state index in [2.05, 4.69) is 9.97 Å². The van der Waals surface area contributed by atoms with Crippen molar-refractivity contribution in [1.82, 2.24) is 9.97 Å². The van der Waals surface area contributed by atoms with Crippen molar-refractivity contribution in [1.29, 1.82) is 0 Å². The zero-order valence-electron chi connectivity index (χ0n) is 8.43. The van der Waals surface area contributed by atoms with Crippen LogP contribution in [0.3, 0.4) is 0 Å². The predicted molar refractivity (Wildman–Crippen MR) is 62.1 cm³/mol. The van der Waals surface area contributed by atoms with Gasteiger partial charge in [-0.25, -0.2) is 0 Å². The molecular weight excluding hydrogens is 226 g/mol. The first kappa shape index (κ1) is 10.8. The number of aromatic nitrogens is 2. The fourth-order valence-electron chi connectivity index (χ4n) is 1.44. The van der Waals surface area contributed by atoms with Gasteiger partial charge in [-0.1, -0.05) is 6.07 Å². The van der Waals surface area contributed by atoms with Crippen LogP contribution in [-0.2, 0) is 11.2 Å². The molecule has 0 saturated heterocycles. The highest BCUT2D eigenvalue weighted by Crippen LogP contribution is 2.14. The predicted octanol–water partition coefficient (Wildman–Crippen LogP) is 1.26. The molecule has 1 heterocycles. The molecular formula is C11H10ClN3O. The number of rotatable bonds is 3. The second-order valence-electron chi connectivity index (χ2n) is 3.45. The molecule has 16 heavy (non-hydrogen) atoms. The van der Waals surface area contributed by atoms with Gasteiger partial charge in [-0.05, 0) is 24.1 Å². The molecule has 0 aliphatic rings. The number of fused-ring (bicyclic) bond motifs is 1. The zero-order chi connectivity index (χ0) is 11.5. The maximum Gasteiger partial charge on any atom is 0.235 e. The molecule has 2 N–H and O–H groups in total. The van der Waals surface area contributed by atoms with E-state index >= 15 is 0 Å². The molecule has 1 atom stereocenters. The van der Waals surface area contributed by atoms with Gasteiger partial charge in [-0.2, -0.15) is 0 Å². The summed E-state index contributed by atoms with van der Waals surface area (Å²) in [5.41, 5.74) is 7.62. The third-order valence-corrected chi connectivity index (χ3v) is 2.63. The number of benzene rings is 1. The molecule has 1 unspecified atom stereocenters. The van der Waals surface area contributed by atoms with Gasteiger partial charge in [0, 0.05) is 12.4 Å². The van der Waals surface area contributed by atoms with E-state index in [1.54, 1.807) is 12.4 Å². The largest absolute Gasteiger partial charge is 0.368 e. The van der Waals surface area contributed by atoms with Crippen molar-refractivity contribution >= 4 is 28.5 Å². The molecule has 0 spiro atoms. The average molecular weight is 236 g/mol. The summed E-state index contributed by atoms with van der Waals surface area (Å²) < 4.78 is 0. The van der Waals surface area contributed by atoms with Crippen molar-refractivity contribution in [3.05, 3.63) is 36.2 Å². The summed E-state index contributed by atoms with van der Waals surface area (Å²) >= 11 is 5.79. The van der Waals surface area contributed by atoms with Gasteiger partial charge >= 0.3 is 0 Å². The van der Waals surface area contributed by atoms with Gasteiger partial charge in [0.05, 0.1) is 11.0 Å². The van der Waals surface area contributed by atoms with Crippen molar-refractivity contribution in [3.8, 4) is 0 Å². The van der Waals surface area contributed by atoms with Crippen LogP contribution in [0.2, 0.25) is 0 Å². The van der Waals surface area contributed by atoms with E-state index in [1.165, 1.54) is 0 Å². The molecule has 2 rings (SSSR count). The lowest BCUT2D eigenvalue weighted by Gasteiger charge is -2.05. The van der Waals surface area contributed by atoms with E-state index < -0.39 is 11.3 Å². The number of amides is 1. The fraction of sp³-hybridized carbons (Fsp3) is 0.182. The van der Waals surface area contributed by atoms with Crippen LogP contribution in [0.5, 0.6) is 0 Å². The number of nitrogens with two attached hydrogens (primary N) is 1. The van der Waals surface area contributed by atoms with Crippen LogP contribution in [0.1, 0.15) is 5.56 Å². The second kappa shape index (κ2) is 4.45. The first-order valence-corrected chi connectivity index (χ1v) is 5.23. The Kier molecular flexibility index (Phi) is 3.01. The van der Waals surface area contributed by atoms with Crippen molar-refractivity contribution in [2.45, 2.75) is 11.8 Å². The summed E-state index contributed by atoms with van der Waals surface area (Å²) in [4.78, 5) is 19.2. The van der Waals surface area contributed by atoms with E-state index in [9.17, 15) is 4.79 Å². The number of carbonyl (C=O) groups is 1. The molecule has 5 heteroatoms. The van der Waals surface area contributed by atoms with Crippen molar-refractivity contribution in [2.75, 3.05) is 0 Å². The number of carbonyl (C=O) groups excluding carboxylic acids is 1. The quantitative estimate of drug-likeness (QED) is 0.815. The first-order valence-electron chi connectivity index (χ1n) is 4.80. The third-order valence-electron chi connectivity index (χ3n) is 2.26. The Labute approximate surface area is 97.5 Å². The lowest BCUT2D eigenvalue weighted by molar-refractivity contribution is -0.117. The lowest BCUT2D eigenvalue weighted by atomic mass is 10.1. The van der Waals surface area contributed by atoms with E-state index in [-0.39, 0.29) is 0 Å². The average Bonchev–Trinajstić information content (AvgIpc) is 2.28. The number of halogens is 1. The molecule has 0 radical (unpaired) electrons. The van der Waals surface area contributed by atoms with Gasteiger partial charge in [-0.3, -0.25) is 14.8 Å². The van der Waals surface area contributed by atoms with Crippen LogP contribution in [0.25, 0.3) is 11.0 Å². The van der Waals surface area contributed by atoms with Crippen LogP contribution >= 0.6 is 11.6 Å². The molecule has 1 aromatic carbocycles. The van der Waals surface area contributed by atoms with Crippen molar-refractivity contribution in [2.24, 2.45) is 5.73 Å². The van der Waals surface area contributed by atoms with E-state index in [1.807, 2.05) is 18.2 Å². The van der Waals surface area contributed by atoms with Crippen LogP contribution in [0.4, 0.5) is 0 Å². The minimum atomic E-state index is -0.686. The SMILES string of the molecule is NC(=O)C(Cl)Cc1ccc2nccnc2c1. The summed E-state index contributed by atoms with van der Waals surface area (Å²) in [6.45, 7) is 0. The maximum absolute atomic E-state index is 10.8. The van der Waals surface area contributed by atoms with Gasteiger partial charge in [0.1, 0.15) is 5.38 Å². The summed E-state index contributed by atoms with van der Waals surface area (Å²) in [7, 11) is 0. The maximum atomic E-state index is 10.8. The molecule has 2 aromatic rings. The first-order chi connectivity index (χ1) is 7.66. The molecule has 1 amide bonds. The highest BCUT2D eigenvalue weighted by Gasteiger charge is 2.12. The van der Waals surface area contributed by atoms with Gasteiger partial charge in [0.15, 0.2) is 0 Å². The standard InChI is InChI=1S/C11H10ClN3O/c12-8(11(13)16)5-7-1-2-9-10(6-7)15-4-3-14-9/h1-4,6,8H,5H2,(H2,13,16). The van der Waals surface area contributed by atoms with Crippen LogP contribution in [0, 0.1) is 0 Å². The summed E-state index contributed by atoms with van der Waals surface area (Å²) in [6, 6.07) is 5.58.